The van der Waals surface area contributed by atoms with E-state index in [1.54, 1.807) is 0 Å². The van der Waals surface area contributed by atoms with E-state index in [1.165, 1.54) is 0 Å². The molecule has 0 fully saturated rings. The number of hydrogen-bond donors (Lipinski definition) is 2. The van der Waals surface area contributed by atoms with Crippen molar-refractivity contribution in [3.8, 4) is 0 Å². The predicted octanol–water partition coefficient (Wildman–Crippen LogP) is 0.847. The van der Waals surface area contributed by atoms with E-state index < -0.39 is 18.0 Å². The second kappa shape index (κ2) is 3.42. The summed E-state index contributed by atoms with van der Waals surface area (Å²) in [6.45, 7) is 0. The van der Waals surface area contributed by atoms with Crippen LogP contribution in [-0.4, -0.2) is 22.3 Å². The molecule has 0 aromatic heterocycles. The van der Waals surface area contributed by atoms with Gasteiger partial charge in [0.15, 0.2) is 0 Å². The van der Waals surface area contributed by atoms with Crippen LogP contribution in [0.1, 0.15) is 11.1 Å². The Labute approximate surface area is 82.0 Å². The molecule has 74 valence electrons. The van der Waals surface area contributed by atoms with Crippen molar-refractivity contribution < 1.29 is 15.0 Å². The number of aliphatic hydroxyl groups is 1. The average molecular weight is 192 g/mol. The number of hydrogen-bond acceptors (Lipinski definition) is 2. The van der Waals surface area contributed by atoms with Gasteiger partial charge in [-0.05, 0) is 24.0 Å². The number of rotatable bonds is 1. The Morgan fingerprint density at radius 3 is 2.36 bits per heavy atom. The van der Waals surface area contributed by atoms with Gasteiger partial charge in [-0.25, -0.2) is 0 Å². The van der Waals surface area contributed by atoms with E-state index in [0.717, 1.165) is 11.1 Å². The maximum absolute atomic E-state index is 10.8. The minimum absolute atomic E-state index is 0.437. The Balaban J connectivity index is 2.31. The first-order chi connectivity index (χ1) is 6.68. The molecule has 0 saturated carbocycles. The van der Waals surface area contributed by atoms with Crippen molar-refractivity contribution in [1.29, 1.82) is 0 Å². The van der Waals surface area contributed by atoms with Crippen molar-refractivity contribution in [2.24, 2.45) is 5.92 Å². The second-order valence-corrected chi connectivity index (χ2v) is 3.69. The van der Waals surface area contributed by atoms with E-state index in [4.69, 9.17) is 5.11 Å². The highest BCUT2D eigenvalue weighted by atomic mass is 16.4. The molecule has 14 heavy (non-hydrogen) atoms. The quantitative estimate of drug-likeness (QED) is 0.693. The maximum Gasteiger partial charge on any atom is 0.309 e. The number of carbonyl (C=O) groups is 1. The SMILES string of the molecule is O=C(O)[C@H]1Cc2ccccc2C[C@H]1O. The Hall–Kier alpha value is -1.35. The summed E-state index contributed by atoms with van der Waals surface area (Å²) < 4.78 is 0. The number of carboxylic acid groups (broad SMARTS) is 1. The third-order valence-corrected chi connectivity index (χ3v) is 2.77. The van der Waals surface area contributed by atoms with Crippen LogP contribution in [0.25, 0.3) is 0 Å². The Bertz CT molecular complexity index is 359. The lowest BCUT2D eigenvalue weighted by molar-refractivity contribution is -0.145. The molecule has 0 aliphatic heterocycles. The van der Waals surface area contributed by atoms with Crippen LogP contribution in [0.15, 0.2) is 24.3 Å². The summed E-state index contributed by atoms with van der Waals surface area (Å²) in [6, 6.07) is 7.68. The first-order valence-electron chi connectivity index (χ1n) is 4.66. The van der Waals surface area contributed by atoms with Gasteiger partial charge in [0.25, 0.3) is 0 Å². The van der Waals surface area contributed by atoms with Gasteiger partial charge in [0.2, 0.25) is 0 Å². The molecule has 1 aliphatic rings. The molecule has 1 aromatic rings. The summed E-state index contributed by atoms with van der Waals surface area (Å²) in [5.74, 6) is -1.56. The third kappa shape index (κ3) is 1.51. The molecule has 1 aromatic carbocycles. The van der Waals surface area contributed by atoms with Gasteiger partial charge in [-0.3, -0.25) is 4.79 Å². The molecule has 0 heterocycles. The predicted molar refractivity (Wildman–Crippen MR) is 51.0 cm³/mol. The van der Waals surface area contributed by atoms with E-state index in [9.17, 15) is 9.90 Å². The van der Waals surface area contributed by atoms with Crippen LogP contribution in [-0.2, 0) is 17.6 Å². The van der Waals surface area contributed by atoms with Gasteiger partial charge in [-0.15, -0.1) is 0 Å². The fourth-order valence-corrected chi connectivity index (χ4v) is 1.95. The minimum Gasteiger partial charge on any atom is -0.481 e. The van der Waals surface area contributed by atoms with Crippen molar-refractivity contribution in [2.45, 2.75) is 18.9 Å². The Kier molecular flexibility index (Phi) is 2.25. The van der Waals surface area contributed by atoms with Crippen LogP contribution in [0.4, 0.5) is 0 Å². The minimum atomic E-state index is -0.910. The molecule has 0 saturated heterocycles. The zero-order valence-electron chi connectivity index (χ0n) is 7.68. The van der Waals surface area contributed by atoms with Crippen molar-refractivity contribution in [3.63, 3.8) is 0 Å². The molecule has 2 N–H and O–H groups in total. The fourth-order valence-electron chi connectivity index (χ4n) is 1.95. The number of carboxylic acids is 1. The smallest absolute Gasteiger partial charge is 0.309 e. The number of benzene rings is 1. The lowest BCUT2D eigenvalue weighted by Crippen LogP contribution is -2.35. The normalized spacial score (nSPS) is 25.5. The molecular formula is C11H12O3. The first kappa shape index (κ1) is 9.21. The monoisotopic (exact) mass is 192 g/mol. The zero-order valence-corrected chi connectivity index (χ0v) is 7.68. The molecule has 2 rings (SSSR count). The highest BCUT2D eigenvalue weighted by molar-refractivity contribution is 5.71. The topological polar surface area (TPSA) is 57.5 Å². The lowest BCUT2D eigenvalue weighted by Gasteiger charge is -2.26. The van der Waals surface area contributed by atoms with Crippen LogP contribution in [0.3, 0.4) is 0 Å². The van der Waals surface area contributed by atoms with Crippen LogP contribution < -0.4 is 0 Å². The zero-order chi connectivity index (χ0) is 10.1. The molecule has 3 heteroatoms. The van der Waals surface area contributed by atoms with Gasteiger partial charge in [0.05, 0.1) is 12.0 Å². The summed E-state index contributed by atoms with van der Waals surface area (Å²) in [7, 11) is 0. The summed E-state index contributed by atoms with van der Waals surface area (Å²) >= 11 is 0. The lowest BCUT2D eigenvalue weighted by atomic mass is 9.82. The van der Waals surface area contributed by atoms with Gasteiger partial charge >= 0.3 is 5.97 Å². The molecule has 3 nitrogen and oxygen atoms in total. The molecule has 0 unspecified atom stereocenters. The van der Waals surface area contributed by atoms with Crippen LogP contribution in [0.5, 0.6) is 0 Å². The molecule has 1 aliphatic carbocycles. The van der Waals surface area contributed by atoms with Gasteiger partial charge in [-0.1, -0.05) is 24.3 Å². The van der Waals surface area contributed by atoms with Gasteiger partial charge in [-0.2, -0.15) is 0 Å². The summed E-state index contributed by atoms with van der Waals surface area (Å²) in [5.41, 5.74) is 2.11. The van der Waals surface area contributed by atoms with E-state index in [0.29, 0.717) is 12.8 Å². The highest BCUT2D eigenvalue weighted by Gasteiger charge is 2.31. The second-order valence-electron chi connectivity index (χ2n) is 3.69. The molecule has 0 spiro atoms. The number of fused-ring (bicyclic) bond motifs is 1. The Morgan fingerprint density at radius 2 is 1.79 bits per heavy atom. The molecule has 0 radical (unpaired) electrons. The van der Waals surface area contributed by atoms with Crippen molar-refractivity contribution >= 4 is 5.97 Å². The van der Waals surface area contributed by atoms with E-state index in [1.807, 2.05) is 24.3 Å². The van der Waals surface area contributed by atoms with Gasteiger partial charge < -0.3 is 10.2 Å². The van der Waals surface area contributed by atoms with Crippen molar-refractivity contribution in [1.82, 2.24) is 0 Å². The fraction of sp³-hybridized carbons (Fsp3) is 0.364. The largest absolute Gasteiger partial charge is 0.481 e. The van der Waals surface area contributed by atoms with Crippen molar-refractivity contribution in [2.75, 3.05) is 0 Å². The third-order valence-electron chi connectivity index (χ3n) is 2.77. The highest BCUT2D eigenvalue weighted by Crippen LogP contribution is 2.25. The van der Waals surface area contributed by atoms with Gasteiger partial charge in [0, 0.05) is 0 Å². The summed E-state index contributed by atoms with van der Waals surface area (Å²) in [5, 5.41) is 18.5. The van der Waals surface area contributed by atoms with Gasteiger partial charge in [0.1, 0.15) is 0 Å². The average Bonchev–Trinajstić information content (AvgIpc) is 2.16. The van der Waals surface area contributed by atoms with Crippen molar-refractivity contribution in [3.05, 3.63) is 35.4 Å². The van der Waals surface area contributed by atoms with E-state index >= 15 is 0 Å². The van der Waals surface area contributed by atoms with Crippen LogP contribution in [0.2, 0.25) is 0 Å². The standard InChI is InChI=1S/C11H12O3/c12-10-6-8-4-2-1-3-7(8)5-9(10)11(13)14/h1-4,9-10,12H,5-6H2,(H,13,14)/t9-,10+/m0/s1. The molecule has 0 bridgehead atoms. The first-order valence-corrected chi connectivity index (χ1v) is 4.66. The summed E-state index contributed by atoms with van der Waals surface area (Å²) in [4.78, 5) is 10.8. The maximum atomic E-state index is 10.8. The van der Waals surface area contributed by atoms with E-state index in [2.05, 4.69) is 0 Å². The molecule has 2 atom stereocenters. The van der Waals surface area contributed by atoms with Crippen LogP contribution >= 0.6 is 0 Å². The molecular weight excluding hydrogens is 180 g/mol. The summed E-state index contributed by atoms with van der Waals surface area (Å²) in [6.07, 6.45) is 0.141. The number of aliphatic carboxylic acids is 1. The molecule has 0 amide bonds. The van der Waals surface area contributed by atoms with Crippen LogP contribution in [0, 0.1) is 5.92 Å². The van der Waals surface area contributed by atoms with E-state index in [-0.39, 0.29) is 0 Å². The Morgan fingerprint density at radius 1 is 1.21 bits per heavy atom. The number of aliphatic hydroxyl groups excluding tert-OH is 1.